The van der Waals surface area contributed by atoms with Crippen LogP contribution in [0.1, 0.15) is 37.8 Å². The van der Waals surface area contributed by atoms with Crippen molar-refractivity contribution >= 4 is 5.91 Å². The lowest BCUT2D eigenvalue weighted by Crippen LogP contribution is -2.52. The summed E-state index contributed by atoms with van der Waals surface area (Å²) in [5, 5.41) is 6.38. The van der Waals surface area contributed by atoms with Crippen LogP contribution in [0.5, 0.6) is 0 Å². The summed E-state index contributed by atoms with van der Waals surface area (Å²) in [5.41, 5.74) is 2.64. The average Bonchev–Trinajstić information content (AvgIpc) is 2.50. The number of hydrogen-bond acceptors (Lipinski definition) is 3. The van der Waals surface area contributed by atoms with Crippen molar-refractivity contribution in [1.82, 2.24) is 15.5 Å². The van der Waals surface area contributed by atoms with E-state index in [1.165, 1.54) is 11.1 Å². The average molecular weight is 303 g/mol. The van der Waals surface area contributed by atoms with E-state index >= 15 is 0 Å². The number of piperazine rings is 1. The van der Waals surface area contributed by atoms with Gasteiger partial charge in [-0.1, -0.05) is 38.1 Å². The summed E-state index contributed by atoms with van der Waals surface area (Å²) >= 11 is 0. The van der Waals surface area contributed by atoms with Crippen molar-refractivity contribution in [3.8, 4) is 0 Å². The Hall–Kier alpha value is -1.39. The Balaban J connectivity index is 1.70. The molecule has 4 heteroatoms. The molecule has 122 valence electrons. The summed E-state index contributed by atoms with van der Waals surface area (Å²) in [6.45, 7) is 10.7. The van der Waals surface area contributed by atoms with Gasteiger partial charge in [0.2, 0.25) is 5.91 Å². The maximum atomic E-state index is 12.0. The Bertz CT molecular complexity index is 470. The van der Waals surface area contributed by atoms with Gasteiger partial charge in [-0.2, -0.15) is 0 Å². The fraction of sp³-hybridized carbons (Fsp3) is 0.611. The van der Waals surface area contributed by atoms with Crippen LogP contribution in [0.2, 0.25) is 0 Å². The molecule has 0 aromatic heterocycles. The van der Waals surface area contributed by atoms with Gasteiger partial charge < -0.3 is 10.6 Å². The van der Waals surface area contributed by atoms with Gasteiger partial charge in [-0.25, -0.2) is 0 Å². The molecule has 1 aromatic carbocycles. The monoisotopic (exact) mass is 303 g/mol. The van der Waals surface area contributed by atoms with Gasteiger partial charge in [0.05, 0.1) is 6.54 Å². The molecule has 1 saturated heterocycles. The Morgan fingerprint density at radius 3 is 2.73 bits per heavy atom. The normalized spacial score (nSPS) is 19.4. The molecule has 0 spiro atoms. The molecule has 0 aliphatic carbocycles. The number of carbonyl (C=O) groups excluding carboxylic acids is 1. The molecule has 1 aromatic rings. The number of amides is 1. The highest BCUT2D eigenvalue weighted by Crippen LogP contribution is 2.14. The smallest absolute Gasteiger partial charge is 0.234 e. The fourth-order valence-corrected chi connectivity index (χ4v) is 2.77. The maximum Gasteiger partial charge on any atom is 0.234 e. The Labute approximate surface area is 134 Å². The highest BCUT2D eigenvalue weighted by Gasteiger charge is 2.19. The largest absolute Gasteiger partial charge is 0.355 e. The molecule has 4 nitrogen and oxygen atoms in total. The van der Waals surface area contributed by atoms with E-state index in [-0.39, 0.29) is 5.91 Å². The summed E-state index contributed by atoms with van der Waals surface area (Å²) in [4.78, 5) is 14.3. The first kappa shape index (κ1) is 17.0. The second kappa shape index (κ2) is 8.30. The van der Waals surface area contributed by atoms with Crippen LogP contribution in [0.3, 0.4) is 0 Å². The van der Waals surface area contributed by atoms with E-state index in [0.717, 1.165) is 26.1 Å². The zero-order valence-electron chi connectivity index (χ0n) is 14.1. The van der Waals surface area contributed by atoms with Crippen LogP contribution in [0, 0.1) is 0 Å². The number of carbonyl (C=O) groups is 1. The third-order valence-electron chi connectivity index (χ3n) is 4.37. The minimum absolute atomic E-state index is 0.132. The molecule has 22 heavy (non-hydrogen) atoms. The van der Waals surface area contributed by atoms with E-state index < -0.39 is 0 Å². The van der Waals surface area contributed by atoms with Crippen molar-refractivity contribution in [3.05, 3.63) is 35.4 Å². The summed E-state index contributed by atoms with van der Waals surface area (Å²) in [6, 6.07) is 9.14. The molecule has 0 saturated carbocycles. The summed E-state index contributed by atoms with van der Waals surface area (Å²) in [7, 11) is 0. The van der Waals surface area contributed by atoms with Crippen LogP contribution in [-0.4, -0.2) is 49.6 Å². The van der Waals surface area contributed by atoms with Crippen molar-refractivity contribution in [2.24, 2.45) is 0 Å². The molecular weight excluding hydrogens is 274 g/mol. The standard InChI is InChI=1S/C18H29N3O/c1-14(2)17-6-4-16(5-7-17)8-9-20-18(22)13-21-11-10-19-12-15(21)3/h4-7,14-15,19H,8-13H2,1-3H3,(H,20,22)/t15-/m0/s1. The predicted octanol–water partition coefficient (Wildman–Crippen LogP) is 1.76. The maximum absolute atomic E-state index is 12.0. The SMILES string of the molecule is CC(C)c1ccc(CCNC(=O)CN2CCNC[C@@H]2C)cc1. The van der Waals surface area contributed by atoms with Crippen LogP contribution in [0.15, 0.2) is 24.3 Å². The van der Waals surface area contributed by atoms with Gasteiger partial charge in [-0.05, 0) is 30.4 Å². The molecule has 2 rings (SSSR count). The zero-order chi connectivity index (χ0) is 15.9. The lowest BCUT2D eigenvalue weighted by molar-refractivity contribution is -0.122. The minimum atomic E-state index is 0.132. The molecular formula is C18H29N3O. The van der Waals surface area contributed by atoms with Crippen LogP contribution >= 0.6 is 0 Å². The van der Waals surface area contributed by atoms with Gasteiger partial charge in [0.1, 0.15) is 0 Å². The second-order valence-electron chi connectivity index (χ2n) is 6.52. The van der Waals surface area contributed by atoms with Crippen LogP contribution < -0.4 is 10.6 Å². The third-order valence-corrected chi connectivity index (χ3v) is 4.37. The van der Waals surface area contributed by atoms with Gasteiger partial charge in [0, 0.05) is 32.2 Å². The van der Waals surface area contributed by atoms with E-state index in [1.807, 2.05) is 0 Å². The molecule has 1 heterocycles. The summed E-state index contributed by atoms with van der Waals surface area (Å²) in [5.74, 6) is 0.697. The van der Waals surface area contributed by atoms with Crippen molar-refractivity contribution in [3.63, 3.8) is 0 Å². The van der Waals surface area contributed by atoms with Crippen LogP contribution in [0.4, 0.5) is 0 Å². The first-order chi connectivity index (χ1) is 10.6. The van der Waals surface area contributed by atoms with Crippen LogP contribution in [0.25, 0.3) is 0 Å². The topological polar surface area (TPSA) is 44.4 Å². The fourth-order valence-electron chi connectivity index (χ4n) is 2.77. The molecule has 2 N–H and O–H groups in total. The van der Waals surface area contributed by atoms with Gasteiger partial charge in [0.15, 0.2) is 0 Å². The second-order valence-corrected chi connectivity index (χ2v) is 6.52. The van der Waals surface area contributed by atoms with E-state index in [2.05, 4.69) is 60.6 Å². The molecule has 1 aliphatic heterocycles. The van der Waals surface area contributed by atoms with Gasteiger partial charge in [0.25, 0.3) is 0 Å². The Morgan fingerprint density at radius 2 is 2.09 bits per heavy atom. The molecule has 1 fully saturated rings. The zero-order valence-corrected chi connectivity index (χ0v) is 14.1. The lowest BCUT2D eigenvalue weighted by Gasteiger charge is -2.33. The van der Waals surface area contributed by atoms with Crippen LogP contribution in [-0.2, 0) is 11.2 Å². The highest BCUT2D eigenvalue weighted by molar-refractivity contribution is 5.78. The number of nitrogens with one attached hydrogen (secondary N) is 2. The Morgan fingerprint density at radius 1 is 1.36 bits per heavy atom. The number of hydrogen-bond donors (Lipinski definition) is 2. The summed E-state index contributed by atoms with van der Waals surface area (Å²) in [6.07, 6.45) is 0.890. The highest BCUT2D eigenvalue weighted by atomic mass is 16.2. The van der Waals surface area contributed by atoms with Crippen molar-refractivity contribution in [1.29, 1.82) is 0 Å². The van der Waals surface area contributed by atoms with Crippen molar-refractivity contribution in [2.45, 2.75) is 39.2 Å². The van der Waals surface area contributed by atoms with Gasteiger partial charge in [-0.15, -0.1) is 0 Å². The predicted molar refractivity (Wildman–Crippen MR) is 91.1 cm³/mol. The number of rotatable bonds is 6. The molecule has 0 unspecified atom stereocenters. The molecule has 0 radical (unpaired) electrons. The van der Waals surface area contributed by atoms with Crippen molar-refractivity contribution in [2.75, 3.05) is 32.7 Å². The van der Waals surface area contributed by atoms with E-state index in [0.29, 0.717) is 25.0 Å². The summed E-state index contributed by atoms with van der Waals surface area (Å²) < 4.78 is 0. The molecule has 1 aliphatic rings. The Kier molecular flexibility index (Phi) is 6.40. The first-order valence-corrected chi connectivity index (χ1v) is 8.36. The van der Waals surface area contributed by atoms with Crippen molar-refractivity contribution < 1.29 is 4.79 Å². The molecule has 0 bridgehead atoms. The van der Waals surface area contributed by atoms with E-state index in [9.17, 15) is 4.79 Å². The minimum Gasteiger partial charge on any atom is -0.355 e. The lowest BCUT2D eigenvalue weighted by atomic mass is 10.0. The quantitative estimate of drug-likeness (QED) is 0.842. The number of nitrogens with zero attached hydrogens (tertiary/aromatic N) is 1. The van der Waals surface area contributed by atoms with Gasteiger partial charge in [-0.3, -0.25) is 9.69 Å². The van der Waals surface area contributed by atoms with E-state index in [4.69, 9.17) is 0 Å². The van der Waals surface area contributed by atoms with Gasteiger partial charge >= 0.3 is 0 Å². The third kappa shape index (κ3) is 5.11. The molecule has 1 amide bonds. The van der Waals surface area contributed by atoms with E-state index in [1.54, 1.807) is 0 Å². The molecule has 1 atom stereocenters. The number of benzene rings is 1. The first-order valence-electron chi connectivity index (χ1n) is 8.36.